The lowest BCUT2D eigenvalue weighted by atomic mass is 9.93. The van der Waals surface area contributed by atoms with E-state index in [9.17, 15) is 13.6 Å². The van der Waals surface area contributed by atoms with Crippen LogP contribution in [-0.2, 0) is 21.1 Å². The van der Waals surface area contributed by atoms with Gasteiger partial charge >= 0.3 is 0 Å². The fourth-order valence-electron chi connectivity index (χ4n) is 5.46. The highest BCUT2D eigenvalue weighted by Crippen LogP contribution is 2.49. The molecule has 0 bridgehead atoms. The van der Waals surface area contributed by atoms with Gasteiger partial charge in [-0.2, -0.15) is 5.10 Å². The van der Waals surface area contributed by atoms with E-state index in [1.54, 1.807) is 13.0 Å². The third kappa shape index (κ3) is 3.82. The van der Waals surface area contributed by atoms with Crippen molar-refractivity contribution in [3.05, 3.63) is 58.3 Å². The maximum absolute atomic E-state index is 14.1. The average molecular weight is 495 g/mol. The summed E-state index contributed by atoms with van der Waals surface area (Å²) in [4.78, 5) is 15.4. The summed E-state index contributed by atoms with van der Waals surface area (Å²) in [6, 6.07) is 8.88. The number of fused-ring (bicyclic) bond motifs is 2. The molecule has 1 aliphatic heterocycles. The van der Waals surface area contributed by atoms with Crippen LogP contribution in [0.2, 0.25) is 0 Å². The van der Waals surface area contributed by atoms with Gasteiger partial charge in [0.25, 0.3) is 11.8 Å². The van der Waals surface area contributed by atoms with Crippen molar-refractivity contribution in [2.24, 2.45) is 0 Å². The van der Waals surface area contributed by atoms with Gasteiger partial charge in [-0.3, -0.25) is 4.79 Å². The van der Waals surface area contributed by atoms with Gasteiger partial charge in [-0.05, 0) is 70.7 Å². The number of hydrogen-bond donors (Lipinski definition) is 1. The molecule has 2 aliphatic rings. The Hall–Kier alpha value is -3.13. The minimum absolute atomic E-state index is 0.0140. The van der Waals surface area contributed by atoms with Crippen molar-refractivity contribution in [1.82, 2.24) is 10.2 Å². The highest BCUT2D eigenvalue weighted by Gasteiger charge is 2.52. The summed E-state index contributed by atoms with van der Waals surface area (Å²) in [5.74, 6) is -2.42. The smallest absolute Gasteiger partial charge is 0.270 e. The predicted octanol–water partition coefficient (Wildman–Crippen LogP) is 6.29. The second-order valence-electron chi connectivity index (χ2n) is 10.2. The van der Waals surface area contributed by atoms with E-state index in [-0.39, 0.29) is 23.6 Å². The summed E-state index contributed by atoms with van der Waals surface area (Å²) in [5.41, 5.74) is 2.72. The second kappa shape index (κ2) is 8.47. The lowest BCUT2D eigenvalue weighted by molar-refractivity contribution is -0.140. The minimum Gasteiger partial charge on any atom is -0.362 e. The Morgan fingerprint density at radius 1 is 1.22 bits per heavy atom. The second-order valence-corrected chi connectivity index (χ2v) is 10.2. The van der Waals surface area contributed by atoms with Crippen LogP contribution in [0.25, 0.3) is 10.8 Å². The first-order valence-electron chi connectivity index (χ1n) is 12.5. The van der Waals surface area contributed by atoms with Crippen LogP contribution in [0.5, 0.6) is 0 Å². The summed E-state index contributed by atoms with van der Waals surface area (Å²) in [7, 11) is 0. The Morgan fingerprint density at radius 2 is 1.94 bits per heavy atom. The summed E-state index contributed by atoms with van der Waals surface area (Å²) in [6.45, 7) is 10.6. The number of carbonyl (C=O) groups excluding carboxylic acids is 1. The zero-order chi connectivity index (χ0) is 26.0. The van der Waals surface area contributed by atoms with Crippen LogP contribution >= 0.6 is 0 Å². The van der Waals surface area contributed by atoms with Crippen LogP contribution in [0.4, 0.5) is 20.3 Å². The maximum atomic E-state index is 14.1. The van der Waals surface area contributed by atoms with Crippen molar-refractivity contribution < 1.29 is 18.3 Å². The summed E-state index contributed by atoms with van der Waals surface area (Å²) in [6.07, 6.45) is 1.94. The molecule has 2 unspecified atom stereocenters. The van der Waals surface area contributed by atoms with Gasteiger partial charge in [0, 0.05) is 41.5 Å². The molecule has 0 spiro atoms. The summed E-state index contributed by atoms with van der Waals surface area (Å²) < 4.78 is 34.3. The van der Waals surface area contributed by atoms with Gasteiger partial charge in [0.2, 0.25) is 0 Å². The number of nitrogens with zero attached hydrogens (tertiary/aromatic N) is 3. The monoisotopic (exact) mass is 494 g/mol. The van der Waals surface area contributed by atoms with Crippen LogP contribution in [0.15, 0.2) is 30.3 Å². The third-order valence-corrected chi connectivity index (χ3v) is 7.49. The van der Waals surface area contributed by atoms with E-state index in [2.05, 4.69) is 15.5 Å². The number of nitrogens with one attached hydrogen (secondary N) is 1. The van der Waals surface area contributed by atoms with Gasteiger partial charge in [-0.1, -0.05) is 18.2 Å². The maximum Gasteiger partial charge on any atom is 0.270 e. The molecule has 0 saturated heterocycles. The van der Waals surface area contributed by atoms with Crippen molar-refractivity contribution in [1.29, 1.82) is 0 Å². The Labute approximate surface area is 210 Å². The number of carbonyl (C=O) groups is 1. The first kappa shape index (κ1) is 24.6. The predicted molar refractivity (Wildman–Crippen MR) is 137 cm³/mol. The molecule has 5 rings (SSSR count). The number of alkyl halides is 2. The highest BCUT2D eigenvalue weighted by atomic mass is 19.3. The number of amides is 1. The van der Waals surface area contributed by atoms with E-state index in [0.717, 1.165) is 53.0 Å². The Bertz CT molecular complexity index is 1370. The normalized spacial score (nSPS) is 20.7. The molecule has 6 nitrogen and oxygen atoms in total. The molecule has 1 fully saturated rings. The summed E-state index contributed by atoms with van der Waals surface area (Å²) >= 11 is 0. The lowest BCUT2D eigenvalue weighted by Gasteiger charge is -2.24. The molecule has 0 radical (unpaired) electrons. The van der Waals surface area contributed by atoms with Crippen molar-refractivity contribution in [2.75, 3.05) is 16.8 Å². The van der Waals surface area contributed by atoms with E-state index in [1.807, 2.05) is 50.8 Å². The quantitative estimate of drug-likeness (QED) is 0.418. The molecule has 1 N–H and O–H groups in total. The summed E-state index contributed by atoms with van der Waals surface area (Å²) in [5, 5.41) is 13.9. The number of ether oxygens (including phenoxy) is 1. The van der Waals surface area contributed by atoms with Crippen molar-refractivity contribution in [3.8, 4) is 0 Å². The zero-order valence-corrected chi connectivity index (χ0v) is 21.6. The standard InChI is InChI=1S/C28H32F2N4O2/c1-7-36-27(5)23-13-20-17(4)32-33-25(21(20)14-24(23)34(26(27)35)18-11-12-18)31-16(3)19-9-8-10-22(15(19)2)28(6,29)30/h8-10,13-14,16,18H,7,11-12H2,1-6H3,(H,31,33). The molecule has 2 aromatic carbocycles. The van der Waals surface area contributed by atoms with E-state index < -0.39 is 11.5 Å². The van der Waals surface area contributed by atoms with E-state index >= 15 is 0 Å². The number of rotatable bonds is 7. The number of halogens is 2. The van der Waals surface area contributed by atoms with E-state index in [4.69, 9.17) is 4.74 Å². The van der Waals surface area contributed by atoms with Gasteiger partial charge in [-0.15, -0.1) is 5.10 Å². The van der Waals surface area contributed by atoms with Gasteiger partial charge in [0.05, 0.1) is 17.4 Å². The SMILES string of the molecule is CCOC1(C)C(=O)N(C2CC2)c2cc3c(NC(C)c4cccc(C(C)(F)F)c4C)nnc(C)c3cc21. The number of benzene rings is 2. The van der Waals surface area contributed by atoms with Crippen molar-refractivity contribution >= 4 is 28.2 Å². The zero-order valence-electron chi connectivity index (χ0n) is 21.6. The van der Waals surface area contributed by atoms with Crippen molar-refractivity contribution in [3.63, 3.8) is 0 Å². The first-order chi connectivity index (χ1) is 17.0. The van der Waals surface area contributed by atoms with Crippen LogP contribution in [0, 0.1) is 13.8 Å². The molecular weight excluding hydrogens is 462 g/mol. The van der Waals surface area contributed by atoms with Gasteiger partial charge < -0.3 is 15.0 Å². The van der Waals surface area contributed by atoms with Crippen LogP contribution in [0.3, 0.4) is 0 Å². The molecule has 1 aliphatic carbocycles. The van der Waals surface area contributed by atoms with Crippen LogP contribution in [0.1, 0.15) is 74.5 Å². The molecular formula is C28H32F2N4O2. The van der Waals surface area contributed by atoms with Crippen LogP contribution in [-0.4, -0.2) is 28.8 Å². The number of aromatic nitrogens is 2. The van der Waals surface area contributed by atoms with Gasteiger partial charge in [-0.25, -0.2) is 8.78 Å². The van der Waals surface area contributed by atoms with Gasteiger partial charge in [0.15, 0.2) is 11.4 Å². The average Bonchev–Trinajstić information content (AvgIpc) is 3.62. The molecule has 1 saturated carbocycles. The molecule has 3 aromatic rings. The van der Waals surface area contributed by atoms with E-state index in [1.165, 1.54) is 6.07 Å². The minimum atomic E-state index is -2.93. The topological polar surface area (TPSA) is 67.3 Å². The molecule has 190 valence electrons. The van der Waals surface area contributed by atoms with Crippen LogP contribution < -0.4 is 10.2 Å². The molecule has 1 aromatic heterocycles. The number of anilines is 2. The third-order valence-electron chi connectivity index (χ3n) is 7.49. The highest BCUT2D eigenvalue weighted by molar-refractivity contribution is 6.11. The Balaban J connectivity index is 1.61. The Kier molecular flexibility index (Phi) is 5.78. The molecule has 8 heteroatoms. The Morgan fingerprint density at radius 3 is 2.58 bits per heavy atom. The molecule has 1 amide bonds. The fraction of sp³-hybridized carbons (Fsp3) is 0.464. The fourth-order valence-corrected chi connectivity index (χ4v) is 5.46. The largest absolute Gasteiger partial charge is 0.362 e. The number of hydrogen-bond acceptors (Lipinski definition) is 5. The number of aryl methyl sites for hydroxylation is 1. The molecule has 36 heavy (non-hydrogen) atoms. The van der Waals surface area contributed by atoms with Gasteiger partial charge in [0.1, 0.15) is 0 Å². The molecule has 2 atom stereocenters. The first-order valence-corrected chi connectivity index (χ1v) is 12.5. The van der Waals surface area contributed by atoms with E-state index in [0.29, 0.717) is 18.0 Å². The molecule has 2 heterocycles. The van der Waals surface area contributed by atoms with Crippen molar-refractivity contribution in [2.45, 2.75) is 78.0 Å². The lowest BCUT2D eigenvalue weighted by Crippen LogP contribution is -2.41.